The van der Waals surface area contributed by atoms with Crippen molar-refractivity contribution in [2.75, 3.05) is 18.1 Å². The van der Waals surface area contributed by atoms with E-state index >= 15 is 0 Å². The first-order valence-electron chi connectivity index (χ1n) is 7.48. The molecule has 0 saturated carbocycles. The highest BCUT2D eigenvalue weighted by molar-refractivity contribution is 8.00. The second-order valence-corrected chi connectivity index (χ2v) is 7.85. The van der Waals surface area contributed by atoms with Crippen molar-refractivity contribution in [1.82, 2.24) is 5.32 Å². The van der Waals surface area contributed by atoms with E-state index in [1.165, 1.54) is 17.3 Å². The van der Waals surface area contributed by atoms with Crippen molar-refractivity contribution in [3.05, 3.63) is 65.7 Å². The van der Waals surface area contributed by atoms with Crippen molar-refractivity contribution < 1.29 is 9.00 Å². The molecule has 0 saturated heterocycles. The standard InChI is InChI=1S/C18H21NO2S2/c1-15-7-9-17(10-8-15)22-13-18(20)19-11-12-23(21)14-16-5-3-2-4-6-16/h2-10H,11-14H2,1H3,(H,19,20)/t23-/m0/s1. The summed E-state index contributed by atoms with van der Waals surface area (Å²) in [4.78, 5) is 12.9. The summed E-state index contributed by atoms with van der Waals surface area (Å²) in [5.74, 6) is 1.38. The van der Waals surface area contributed by atoms with E-state index < -0.39 is 10.8 Å². The van der Waals surface area contributed by atoms with Gasteiger partial charge in [-0.2, -0.15) is 0 Å². The molecule has 5 heteroatoms. The Morgan fingerprint density at radius 2 is 1.78 bits per heavy atom. The Bertz CT molecular complexity index is 642. The fourth-order valence-corrected chi connectivity index (χ4v) is 3.74. The largest absolute Gasteiger partial charge is 0.354 e. The SMILES string of the molecule is Cc1ccc(SCC(=O)NCC[S@](=O)Cc2ccccc2)cc1. The van der Waals surface area contributed by atoms with Gasteiger partial charge < -0.3 is 5.32 Å². The number of amides is 1. The second-order valence-electron chi connectivity index (χ2n) is 5.23. The second kappa shape index (κ2) is 9.53. The van der Waals surface area contributed by atoms with Crippen LogP contribution in [0.25, 0.3) is 0 Å². The molecule has 0 bridgehead atoms. The molecule has 0 aliphatic heterocycles. The Hall–Kier alpha value is -1.59. The van der Waals surface area contributed by atoms with Crippen LogP contribution >= 0.6 is 11.8 Å². The van der Waals surface area contributed by atoms with E-state index in [0.717, 1.165) is 10.5 Å². The minimum Gasteiger partial charge on any atom is -0.354 e. The van der Waals surface area contributed by atoms with Crippen LogP contribution in [-0.4, -0.2) is 28.2 Å². The van der Waals surface area contributed by atoms with Crippen LogP contribution in [0.2, 0.25) is 0 Å². The summed E-state index contributed by atoms with van der Waals surface area (Å²) < 4.78 is 12.0. The molecule has 122 valence electrons. The number of carbonyl (C=O) groups excluding carboxylic acids is 1. The Balaban J connectivity index is 1.62. The van der Waals surface area contributed by atoms with Crippen LogP contribution in [0.15, 0.2) is 59.5 Å². The third-order valence-electron chi connectivity index (χ3n) is 3.21. The van der Waals surface area contributed by atoms with E-state index in [2.05, 4.69) is 5.32 Å². The summed E-state index contributed by atoms with van der Waals surface area (Å²) in [6.07, 6.45) is 0. The Labute approximate surface area is 144 Å². The highest BCUT2D eigenvalue weighted by Crippen LogP contribution is 2.17. The fourth-order valence-electron chi connectivity index (χ4n) is 1.97. The van der Waals surface area contributed by atoms with Crippen molar-refractivity contribution in [2.24, 2.45) is 0 Å². The van der Waals surface area contributed by atoms with Gasteiger partial charge in [0.15, 0.2) is 0 Å². The molecular formula is C18H21NO2S2. The maximum Gasteiger partial charge on any atom is 0.230 e. The number of hydrogen-bond donors (Lipinski definition) is 1. The third kappa shape index (κ3) is 7.01. The molecule has 0 aliphatic rings. The lowest BCUT2D eigenvalue weighted by molar-refractivity contribution is -0.118. The topological polar surface area (TPSA) is 46.2 Å². The molecule has 0 aromatic heterocycles. The minimum absolute atomic E-state index is 0.0210. The highest BCUT2D eigenvalue weighted by Gasteiger charge is 2.05. The van der Waals surface area contributed by atoms with E-state index in [-0.39, 0.29) is 5.91 Å². The molecular weight excluding hydrogens is 326 g/mol. The average Bonchev–Trinajstić information content (AvgIpc) is 2.55. The van der Waals surface area contributed by atoms with Gasteiger partial charge >= 0.3 is 0 Å². The number of carbonyl (C=O) groups is 1. The molecule has 0 spiro atoms. The van der Waals surface area contributed by atoms with E-state index in [9.17, 15) is 9.00 Å². The van der Waals surface area contributed by atoms with Crippen LogP contribution in [0.3, 0.4) is 0 Å². The normalized spacial score (nSPS) is 11.9. The monoisotopic (exact) mass is 347 g/mol. The lowest BCUT2D eigenvalue weighted by atomic mass is 10.2. The minimum atomic E-state index is -0.952. The number of aryl methyl sites for hydroxylation is 1. The van der Waals surface area contributed by atoms with Crippen molar-refractivity contribution in [3.63, 3.8) is 0 Å². The molecule has 3 nitrogen and oxygen atoms in total. The van der Waals surface area contributed by atoms with Crippen LogP contribution in [0.1, 0.15) is 11.1 Å². The molecule has 1 N–H and O–H groups in total. The van der Waals surface area contributed by atoms with Gasteiger partial charge in [0.2, 0.25) is 5.91 Å². The molecule has 0 unspecified atom stereocenters. The summed E-state index contributed by atoms with van der Waals surface area (Å²) in [6, 6.07) is 17.9. The number of thioether (sulfide) groups is 1. The lowest BCUT2D eigenvalue weighted by Crippen LogP contribution is -2.29. The number of benzene rings is 2. The Morgan fingerprint density at radius 1 is 1.09 bits per heavy atom. The van der Waals surface area contributed by atoms with Gasteiger partial charge in [-0.05, 0) is 24.6 Å². The summed E-state index contributed by atoms with van der Waals surface area (Å²) in [5, 5.41) is 2.83. The predicted octanol–water partition coefficient (Wildman–Crippen LogP) is 3.15. The number of rotatable bonds is 8. The maximum absolute atomic E-state index is 12.0. The van der Waals surface area contributed by atoms with Crippen LogP contribution in [-0.2, 0) is 21.3 Å². The quantitative estimate of drug-likeness (QED) is 0.746. The smallest absolute Gasteiger partial charge is 0.230 e. The number of hydrogen-bond acceptors (Lipinski definition) is 3. The zero-order valence-corrected chi connectivity index (χ0v) is 14.8. The van der Waals surface area contributed by atoms with E-state index in [4.69, 9.17) is 0 Å². The van der Waals surface area contributed by atoms with Gasteiger partial charge in [-0.1, -0.05) is 48.0 Å². The van der Waals surface area contributed by atoms with Crippen LogP contribution < -0.4 is 5.32 Å². The molecule has 2 aromatic carbocycles. The van der Waals surface area contributed by atoms with Crippen molar-refractivity contribution >= 4 is 28.5 Å². The average molecular weight is 348 g/mol. The third-order valence-corrected chi connectivity index (χ3v) is 5.54. The summed E-state index contributed by atoms with van der Waals surface area (Å²) in [6.45, 7) is 2.49. The first kappa shape index (κ1) is 17.8. The summed E-state index contributed by atoms with van der Waals surface area (Å²) in [7, 11) is -0.952. The Morgan fingerprint density at radius 3 is 2.48 bits per heavy atom. The molecule has 2 rings (SSSR count). The Kier molecular flexibility index (Phi) is 7.36. The van der Waals surface area contributed by atoms with Crippen LogP contribution in [0.5, 0.6) is 0 Å². The zero-order valence-electron chi connectivity index (χ0n) is 13.2. The first-order valence-corrected chi connectivity index (χ1v) is 9.96. The predicted molar refractivity (Wildman–Crippen MR) is 98.1 cm³/mol. The molecule has 2 aromatic rings. The van der Waals surface area contributed by atoms with Gasteiger partial charge in [-0.25, -0.2) is 0 Å². The fraction of sp³-hybridized carbons (Fsp3) is 0.278. The number of nitrogens with one attached hydrogen (secondary N) is 1. The van der Waals surface area contributed by atoms with E-state index in [0.29, 0.717) is 23.8 Å². The molecule has 23 heavy (non-hydrogen) atoms. The zero-order chi connectivity index (χ0) is 16.5. The van der Waals surface area contributed by atoms with Crippen molar-refractivity contribution in [3.8, 4) is 0 Å². The summed E-state index contributed by atoms with van der Waals surface area (Å²) >= 11 is 1.51. The first-order chi connectivity index (χ1) is 11.1. The van der Waals surface area contributed by atoms with Crippen LogP contribution in [0, 0.1) is 6.92 Å². The van der Waals surface area contributed by atoms with Crippen LogP contribution in [0.4, 0.5) is 0 Å². The van der Waals surface area contributed by atoms with Crippen molar-refractivity contribution in [2.45, 2.75) is 17.6 Å². The molecule has 1 atom stereocenters. The highest BCUT2D eigenvalue weighted by atomic mass is 32.2. The van der Waals surface area contributed by atoms with Gasteiger partial charge in [-0.3, -0.25) is 9.00 Å². The molecule has 0 fully saturated rings. The summed E-state index contributed by atoms with van der Waals surface area (Å²) in [5.41, 5.74) is 2.27. The van der Waals surface area contributed by atoms with Gasteiger partial charge in [0, 0.05) is 33.7 Å². The van der Waals surface area contributed by atoms with E-state index in [1.54, 1.807) is 0 Å². The maximum atomic E-state index is 12.0. The molecule has 0 aliphatic carbocycles. The van der Waals surface area contributed by atoms with Crippen molar-refractivity contribution in [1.29, 1.82) is 0 Å². The van der Waals surface area contributed by atoms with Gasteiger partial charge in [0.05, 0.1) is 5.75 Å². The molecule has 1 amide bonds. The molecule has 0 radical (unpaired) electrons. The van der Waals surface area contributed by atoms with Gasteiger partial charge in [0.25, 0.3) is 0 Å². The van der Waals surface area contributed by atoms with Gasteiger partial charge in [0.1, 0.15) is 0 Å². The van der Waals surface area contributed by atoms with Gasteiger partial charge in [-0.15, -0.1) is 11.8 Å². The van der Waals surface area contributed by atoms with E-state index in [1.807, 2.05) is 61.5 Å². The molecule has 0 heterocycles. The lowest BCUT2D eigenvalue weighted by Gasteiger charge is -2.06.